The number of methoxy groups -OCH3 is 1. The molecule has 1 heterocycles. The van der Waals surface area contributed by atoms with E-state index in [1.807, 2.05) is 54.6 Å². The number of rotatable bonds is 9. The Morgan fingerprint density at radius 2 is 1.67 bits per heavy atom. The van der Waals surface area contributed by atoms with Crippen LogP contribution >= 0.6 is 0 Å². The molecule has 0 radical (unpaired) electrons. The van der Waals surface area contributed by atoms with Crippen LogP contribution in [0, 0.1) is 0 Å². The van der Waals surface area contributed by atoms with Crippen LogP contribution in [0.15, 0.2) is 48.5 Å². The van der Waals surface area contributed by atoms with E-state index in [0.717, 1.165) is 22.4 Å². The van der Waals surface area contributed by atoms with E-state index in [4.69, 9.17) is 9.47 Å². The van der Waals surface area contributed by atoms with Gasteiger partial charge < -0.3 is 19.7 Å². The summed E-state index contributed by atoms with van der Waals surface area (Å²) < 4.78 is 10.2. The summed E-state index contributed by atoms with van der Waals surface area (Å²) in [4.78, 5) is 27.0. The molecule has 0 saturated heterocycles. The van der Waals surface area contributed by atoms with Crippen LogP contribution in [0.3, 0.4) is 0 Å². The van der Waals surface area contributed by atoms with Crippen LogP contribution in [0.5, 0.6) is 0 Å². The van der Waals surface area contributed by atoms with Gasteiger partial charge in [-0.25, -0.2) is 0 Å². The van der Waals surface area contributed by atoms with Gasteiger partial charge in [-0.05, 0) is 22.8 Å². The van der Waals surface area contributed by atoms with E-state index in [1.165, 1.54) is 0 Å². The number of benzene rings is 2. The van der Waals surface area contributed by atoms with Crippen LogP contribution in [0.25, 0.3) is 12.2 Å². The number of ether oxygens (including phenoxy) is 2. The van der Waals surface area contributed by atoms with Crippen LogP contribution in [0.4, 0.5) is 5.69 Å². The molecule has 0 bridgehead atoms. The van der Waals surface area contributed by atoms with E-state index in [0.29, 0.717) is 32.9 Å². The molecule has 2 aromatic rings. The summed E-state index contributed by atoms with van der Waals surface area (Å²) in [6, 6.07) is 15.9. The van der Waals surface area contributed by atoms with Crippen molar-refractivity contribution in [1.82, 2.24) is 5.32 Å². The van der Waals surface area contributed by atoms with Crippen molar-refractivity contribution in [3.8, 4) is 0 Å². The monoisotopic (exact) mass is 408 g/mol. The number of carbonyl (C=O) groups is 2. The topological polar surface area (TPSA) is 67.9 Å². The van der Waals surface area contributed by atoms with E-state index in [2.05, 4.69) is 11.4 Å². The summed E-state index contributed by atoms with van der Waals surface area (Å²) in [5.41, 5.74) is 4.02. The van der Waals surface area contributed by atoms with Crippen molar-refractivity contribution in [2.45, 2.75) is 19.4 Å². The number of para-hydroxylation sites is 1. The van der Waals surface area contributed by atoms with Crippen LogP contribution in [-0.2, 0) is 25.6 Å². The lowest BCUT2D eigenvalue weighted by atomic mass is 10.0. The van der Waals surface area contributed by atoms with Gasteiger partial charge in [0.2, 0.25) is 11.8 Å². The molecule has 6 nitrogen and oxygen atoms in total. The van der Waals surface area contributed by atoms with Crippen molar-refractivity contribution >= 4 is 29.7 Å². The van der Waals surface area contributed by atoms with Gasteiger partial charge in [0.05, 0.1) is 32.1 Å². The zero-order chi connectivity index (χ0) is 21.2. The summed E-state index contributed by atoms with van der Waals surface area (Å²) >= 11 is 0. The van der Waals surface area contributed by atoms with Crippen molar-refractivity contribution in [1.29, 1.82) is 0 Å². The molecule has 0 fully saturated rings. The third kappa shape index (κ3) is 6.02. The van der Waals surface area contributed by atoms with E-state index in [9.17, 15) is 9.59 Å². The Labute approximate surface area is 177 Å². The highest BCUT2D eigenvalue weighted by Crippen LogP contribution is 2.29. The van der Waals surface area contributed by atoms with Crippen LogP contribution in [-0.4, -0.2) is 45.3 Å². The van der Waals surface area contributed by atoms with E-state index < -0.39 is 0 Å². The number of carbonyl (C=O) groups excluding carboxylic acids is 2. The zero-order valence-corrected chi connectivity index (χ0v) is 17.3. The van der Waals surface area contributed by atoms with Crippen molar-refractivity contribution in [2.24, 2.45) is 0 Å². The first-order chi connectivity index (χ1) is 14.7. The first-order valence-corrected chi connectivity index (χ1v) is 10.2. The highest BCUT2D eigenvalue weighted by atomic mass is 16.5. The lowest BCUT2D eigenvalue weighted by Crippen LogP contribution is -2.33. The normalized spacial score (nSPS) is 13.6. The third-order valence-corrected chi connectivity index (χ3v) is 4.92. The minimum Gasteiger partial charge on any atom is -0.382 e. The summed E-state index contributed by atoms with van der Waals surface area (Å²) in [5, 5.41) is 2.79. The molecular weight excluding hydrogens is 380 g/mol. The molecule has 0 aromatic heterocycles. The van der Waals surface area contributed by atoms with Gasteiger partial charge >= 0.3 is 0 Å². The van der Waals surface area contributed by atoms with E-state index in [-0.39, 0.29) is 24.7 Å². The summed E-state index contributed by atoms with van der Waals surface area (Å²) in [6.07, 6.45) is 4.41. The Balaban J connectivity index is 1.61. The van der Waals surface area contributed by atoms with Crippen LogP contribution in [0.2, 0.25) is 0 Å². The first-order valence-electron chi connectivity index (χ1n) is 10.2. The second-order valence-electron chi connectivity index (χ2n) is 7.03. The number of fused-ring (bicyclic) bond motifs is 2. The molecule has 0 saturated carbocycles. The largest absolute Gasteiger partial charge is 0.382 e. The predicted octanol–water partition coefficient (Wildman–Crippen LogP) is 3.26. The van der Waals surface area contributed by atoms with Crippen molar-refractivity contribution in [3.05, 3.63) is 65.2 Å². The highest BCUT2D eigenvalue weighted by Gasteiger charge is 2.21. The molecule has 1 aliphatic rings. The molecule has 1 N–H and O–H groups in total. The smallest absolute Gasteiger partial charge is 0.227 e. The van der Waals surface area contributed by atoms with Crippen LogP contribution < -0.4 is 10.2 Å². The number of amides is 2. The van der Waals surface area contributed by atoms with Gasteiger partial charge in [-0.3, -0.25) is 9.59 Å². The molecule has 6 heteroatoms. The number of hydrogen-bond donors (Lipinski definition) is 1. The summed E-state index contributed by atoms with van der Waals surface area (Å²) in [6.45, 7) is 2.34. The van der Waals surface area contributed by atoms with Gasteiger partial charge in [-0.15, -0.1) is 0 Å². The SMILES string of the molecule is COCCOCCNC(=O)CCC(=O)N1Cc2ccccc2/C=C\c2ccccc21. The standard InChI is InChI=1S/C24H28N2O4/c1-29-16-17-30-15-14-25-23(27)12-13-24(28)26-18-21-8-3-2-6-19(21)10-11-20-7-4-5-9-22(20)26/h2-11H,12-18H2,1H3,(H,25,27)/b11-10-. The quantitative estimate of drug-likeness (QED) is 0.647. The second kappa shape index (κ2) is 11.3. The molecule has 2 aromatic carbocycles. The van der Waals surface area contributed by atoms with Crippen molar-refractivity contribution < 1.29 is 19.1 Å². The van der Waals surface area contributed by atoms with Gasteiger partial charge in [-0.2, -0.15) is 0 Å². The maximum atomic E-state index is 13.1. The van der Waals surface area contributed by atoms with E-state index >= 15 is 0 Å². The minimum atomic E-state index is -0.153. The van der Waals surface area contributed by atoms with Crippen LogP contribution in [0.1, 0.15) is 29.5 Å². The molecule has 0 spiro atoms. The minimum absolute atomic E-state index is 0.0703. The van der Waals surface area contributed by atoms with Gasteiger partial charge in [-0.1, -0.05) is 54.6 Å². The lowest BCUT2D eigenvalue weighted by molar-refractivity contribution is -0.125. The summed E-state index contributed by atoms with van der Waals surface area (Å²) in [5.74, 6) is -0.224. The number of nitrogens with zero attached hydrogens (tertiary/aromatic N) is 1. The Morgan fingerprint density at radius 3 is 2.50 bits per heavy atom. The van der Waals surface area contributed by atoms with Gasteiger partial charge in [0.25, 0.3) is 0 Å². The molecule has 3 rings (SSSR count). The summed E-state index contributed by atoms with van der Waals surface area (Å²) in [7, 11) is 1.61. The molecular formula is C24H28N2O4. The number of nitrogens with one attached hydrogen (secondary N) is 1. The Kier molecular flexibility index (Phi) is 8.18. The fourth-order valence-corrected chi connectivity index (χ4v) is 3.32. The van der Waals surface area contributed by atoms with Gasteiger partial charge in [0.1, 0.15) is 0 Å². The first kappa shape index (κ1) is 21.7. The van der Waals surface area contributed by atoms with Gasteiger partial charge in [0, 0.05) is 26.5 Å². The van der Waals surface area contributed by atoms with E-state index in [1.54, 1.807) is 12.0 Å². The molecule has 0 unspecified atom stereocenters. The lowest BCUT2D eigenvalue weighted by Gasteiger charge is -2.27. The molecule has 2 amide bonds. The Hall–Kier alpha value is -2.96. The maximum absolute atomic E-state index is 13.1. The molecule has 158 valence electrons. The maximum Gasteiger partial charge on any atom is 0.227 e. The average Bonchev–Trinajstić information content (AvgIpc) is 2.76. The zero-order valence-electron chi connectivity index (χ0n) is 17.3. The molecule has 0 aliphatic carbocycles. The third-order valence-electron chi connectivity index (χ3n) is 4.92. The van der Waals surface area contributed by atoms with Gasteiger partial charge in [0.15, 0.2) is 0 Å². The Morgan fingerprint density at radius 1 is 0.933 bits per heavy atom. The Bertz CT molecular complexity index is 894. The highest BCUT2D eigenvalue weighted by molar-refractivity contribution is 5.98. The molecule has 1 aliphatic heterocycles. The average molecular weight is 408 g/mol. The van der Waals surface area contributed by atoms with Crippen molar-refractivity contribution in [2.75, 3.05) is 38.4 Å². The fourth-order valence-electron chi connectivity index (χ4n) is 3.32. The van der Waals surface area contributed by atoms with Crippen molar-refractivity contribution in [3.63, 3.8) is 0 Å². The predicted molar refractivity (Wildman–Crippen MR) is 118 cm³/mol. The molecule has 0 atom stereocenters. The molecule has 30 heavy (non-hydrogen) atoms. The second-order valence-corrected chi connectivity index (χ2v) is 7.03. The number of anilines is 1. The number of hydrogen-bond acceptors (Lipinski definition) is 4. The fraction of sp³-hybridized carbons (Fsp3) is 0.333.